The van der Waals surface area contributed by atoms with Crippen LogP contribution in [-0.4, -0.2) is 42.6 Å². The third-order valence-electron chi connectivity index (χ3n) is 5.40. The van der Waals surface area contributed by atoms with Crippen molar-refractivity contribution in [2.45, 2.75) is 69.9 Å². The fourth-order valence-electron chi connectivity index (χ4n) is 3.87. The first kappa shape index (κ1) is 15.8. The predicted octanol–water partition coefficient (Wildman–Crippen LogP) is 2.31. The van der Waals surface area contributed by atoms with Crippen LogP contribution >= 0.6 is 0 Å². The number of ether oxygens (including phenoxy) is 1. The third kappa shape index (κ3) is 3.17. The summed E-state index contributed by atoms with van der Waals surface area (Å²) < 4.78 is 5.61. The number of carbonyl (C=O) groups excluding carboxylic acids is 1. The van der Waals surface area contributed by atoms with E-state index in [9.17, 15) is 4.79 Å². The minimum absolute atomic E-state index is 0.169. The maximum atomic E-state index is 12.7. The normalized spacial score (nSPS) is 28.8. The zero-order valence-electron chi connectivity index (χ0n) is 13.1. The monoisotopic (exact) mass is 282 g/mol. The maximum Gasteiger partial charge on any atom is 0.225 e. The van der Waals surface area contributed by atoms with Crippen molar-refractivity contribution in [3.05, 3.63) is 0 Å². The van der Waals surface area contributed by atoms with Gasteiger partial charge >= 0.3 is 0 Å². The van der Waals surface area contributed by atoms with Gasteiger partial charge in [-0.15, -0.1) is 0 Å². The fraction of sp³-hybridized carbons (Fsp3) is 0.938. The summed E-state index contributed by atoms with van der Waals surface area (Å²) in [6, 6.07) is 0.347. The molecule has 2 saturated carbocycles. The summed E-state index contributed by atoms with van der Waals surface area (Å²) in [5, 5.41) is 0. The molecule has 4 heteroatoms. The van der Waals surface area contributed by atoms with Crippen LogP contribution in [0.1, 0.15) is 58.3 Å². The number of nitrogens with zero attached hydrogens (tertiary/aromatic N) is 1. The third-order valence-corrected chi connectivity index (χ3v) is 5.40. The Morgan fingerprint density at radius 2 is 2.00 bits per heavy atom. The van der Waals surface area contributed by atoms with E-state index < -0.39 is 0 Å². The van der Waals surface area contributed by atoms with Gasteiger partial charge in [-0.1, -0.05) is 12.8 Å². The molecule has 0 heterocycles. The molecule has 0 aromatic rings. The van der Waals surface area contributed by atoms with Crippen molar-refractivity contribution in [3.63, 3.8) is 0 Å². The molecule has 0 spiro atoms. The summed E-state index contributed by atoms with van der Waals surface area (Å²) in [5.41, 5.74) is 5.75. The molecule has 2 aliphatic carbocycles. The summed E-state index contributed by atoms with van der Waals surface area (Å²) in [6.45, 7) is 3.57. The fourth-order valence-corrected chi connectivity index (χ4v) is 3.87. The molecule has 0 saturated heterocycles. The van der Waals surface area contributed by atoms with Gasteiger partial charge in [-0.3, -0.25) is 4.79 Å². The largest absolute Gasteiger partial charge is 0.378 e. The number of carbonyl (C=O) groups is 1. The van der Waals surface area contributed by atoms with Crippen LogP contribution in [-0.2, 0) is 9.53 Å². The molecular weight excluding hydrogens is 252 g/mol. The second kappa shape index (κ2) is 6.90. The van der Waals surface area contributed by atoms with Crippen molar-refractivity contribution >= 4 is 5.91 Å². The zero-order chi connectivity index (χ0) is 14.6. The van der Waals surface area contributed by atoms with Crippen molar-refractivity contribution in [2.75, 3.05) is 20.2 Å². The number of rotatable bonds is 6. The second-order valence-corrected chi connectivity index (χ2v) is 6.44. The summed E-state index contributed by atoms with van der Waals surface area (Å²) in [5.74, 6) is 0.743. The first-order valence-electron chi connectivity index (χ1n) is 8.20. The molecule has 2 atom stereocenters. The minimum atomic E-state index is -0.169. The molecular formula is C16H30N2O2. The number of methoxy groups -OCH3 is 1. The molecule has 2 aliphatic rings. The lowest BCUT2D eigenvalue weighted by Crippen LogP contribution is -2.51. The minimum Gasteiger partial charge on any atom is -0.378 e. The maximum absolute atomic E-state index is 12.7. The average Bonchev–Trinajstić information content (AvgIpc) is 2.44. The van der Waals surface area contributed by atoms with E-state index in [-0.39, 0.29) is 11.5 Å². The van der Waals surface area contributed by atoms with Gasteiger partial charge in [-0.2, -0.15) is 0 Å². The Morgan fingerprint density at radius 3 is 2.50 bits per heavy atom. The summed E-state index contributed by atoms with van der Waals surface area (Å²) >= 11 is 0. The lowest BCUT2D eigenvalue weighted by atomic mass is 9.76. The highest BCUT2D eigenvalue weighted by atomic mass is 16.5. The van der Waals surface area contributed by atoms with Crippen molar-refractivity contribution in [1.29, 1.82) is 0 Å². The Bertz CT molecular complexity index is 323. The molecule has 0 aromatic carbocycles. The molecule has 0 radical (unpaired) electrons. The van der Waals surface area contributed by atoms with Gasteiger partial charge in [-0.05, 0) is 51.5 Å². The molecule has 2 N–H and O–H groups in total. The molecule has 116 valence electrons. The van der Waals surface area contributed by atoms with Crippen molar-refractivity contribution in [1.82, 2.24) is 4.90 Å². The smallest absolute Gasteiger partial charge is 0.225 e. The van der Waals surface area contributed by atoms with E-state index in [0.717, 1.165) is 25.8 Å². The molecule has 2 unspecified atom stereocenters. The second-order valence-electron chi connectivity index (χ2n) is 6.44. The molecule has 20 heavy (non-hydrogen) atoms. The number of amides is 1. The highest BCUT2D eigenvalue weighted by Gasteiger charge is 2.41. The van der Waals surface area contributed by atoms with Crippen molar-refractivity contribution in [2.24, 2.45) is 11.7 Å². The van der Waals surface area contributed by atoms with Gasteiger partial charge < -0.3 is 15.4 Å². The van der Waals surface area contributed by atoms with Gasteiger partial charge in [0.05, 0.1) is 12.0 Å². The van der Waals surface area contributed by atoms with Gasteiger partial charge in [0.1, 0.15) is 0 Å². The van der Waals surface area contributed by atoms with E-state index in [1.807, 2.05) is 0 Å². The van der Waals surface area contributed by atoms with Crippen LogP contribution in [0.25, 0.3) is 0 Å². The predicted molar refractivity (Wildman–Crippen MR) is 80.4 cm³/mol. The first-order valence-corrected chi connectivity index (χ1v) is 8.20. The molecule has 2 rings (SSSR count). The Morgan fingerprint density at radius 1 is 1.30 bits per heavy atom. The number of hydrogen-bond acceptors (Lipinski definition) is 3. The Labute approximate surface area is 123 Å². The van der Waals surface area contributed by atoms with Gasteiger partial charge in [0.25, 0.3) is 0 Å². The van der Waals surface area contributed by atoms with Crippen LogP contribution in [0.4, 0.5) is 0 Å². The molecule has 4 nitrogen and oxygen atoms in total. The molecule has 1 amide bonds. The number of nitrogens with two attached hydrogens (primary N) is 1. The van der Waals surface area contributed by atoms with E-state index in [4.69, 9.17) is 10.5 Å². The van der Waals surface area contributed by atoms with Crippen LogP contribution < -0.4 is 5.73 Å². The summed E-state index contributed by atoms with van der Waals surface area (Å²) in [4.78, 5) is 14.8. The van der Waals surface area contributed by atoms with E-state index in [1.165, 1.54) is 25.7 Å². The lowest BCUT2D eigenvalue weighted by Gasteiger charge is -2.44. The van der Waals surface area contributed by atoms with E-state index in [1.54, 1.807) is 7.11 Å². The van der Waals surface area contributed by atoms with Gasteiger partial charge in [0, 0.05) is 19.7 Å². The van der Waals surface area contributed by atoms with E-state index in [0.29, 0.717) is 24.9 Å². The number of hydrogen-bond donors (Lipinski definition) is 1. The van der Waals surface area contributed by atoms with Crippen molar-refractivity contribution < 1.29 is 9.53 Å². The molecule has 2 fully saturated rings. The summed E-state index contributed by atoms with van der Waals surface area (Å²) in [6.07, 6.45) is 8.54. The standard InChI is InChI=1S/C16H30N2O2/c1-3-18(14-8-5-4-7-13(14)12-17)15(19)11-16(20-2)9-6-10-16/h13-14H,3-12,17H2,1-2H3. The molecule has 0 bridgehead atoms. The zero-order valence-corrected chi connectivity index (χ0v) is 13.1. The molecule has 0 aromatic heterocycles. The quantitative estimate of drug-likeness (QED) is 0.813. The van der Waals surface area contributed by atoms with Crippen LogP contribution in [0.5, 0.6) is 0 Å². The SMILES string of the molecule is CCN(C(=O)CC1(OC)CCC1)C1CCCCC1CN. The average molecular weight is 282 g/mol. The van der Waals surface area contributed by atoms with Gasteiger partial charge in [-0.25, -0.2) is 0 Å². The van der Waals surface area contributed by atoms with E-state index in [2.05, 4.69) is 11.8 Å². The van der Waals surface area contributed by atoms with Gasteiger partial charge in [0.15, 0.2) is 0 Å². The van der Waals surface area contributed by atoms with Gasteiger partial charge in [0.2, 0.25) is 5.91 Å². The highest BCUT2D eigenvalue weighted by Crippen LogP contribution is 2.39. The van der Waals surface area contributed by atoms with Crippen LogP contribution in [0.2, 0.25) is 0 Å². The van der Waals surface area contributed by atoms with Crippen molar-refractivity contribution in [3.8, 4) is 0 Å². The Kier molecular flexibility index (Phi) is 5.44. The van der Waals surface area contributed by atoms with Crippen LogP contribution in [0.3, 0.4) is 0 Å². The highest BCUT2D eigenvalue weighted by molar-refractivity contribution is 5.78. The van der Waals surface area contributed by atoms with Crippen LogP contribution in [0, 0.1) is 5.92 Å². The lowest BCUT2D eigenvalue weighted by molar-refractivity contribution is -0.147. The van der Waals surface area contributed by atoms with Crippen LogP contribution in [0.15, 0.2) is 0 Å². The Balaban J connectivity index is 2.00. The topological polar surface area (TPSA) is 55.6 Å². The summed E-state index contributed by atoms with van der Waals surface area (Å²) in [7, 11) is 1.74. The van der Waals surface area contributed by atoms with E-state index >= 15 is 0 Å². The Hall–Kier alpha value is -0.610. The molecule has 0 aliphatic heterocycles. The first-order chi connectivity index (χ1) is 9.65.